The molecule has 0 aliphatic carbocycles. The maximum atomic E-state index is 6.76. The summed E-state index contributed by atoms with van der Waals surface area (Å²) in [6, 6.07) is 77.0. The van der Waals surface area contributed by atoms with Crippen LogP contribution < -0.4 is 4.90 Å². The minimum absolute atomic E-state index is 0.860. The van der Waals surface area contributed by atoms with Crippen LogP contribution in [0.2, 0.25) is 0 Å². The molecule has 10 aromatic carbocycles. The van der Waals surface area contributed by atoms with Crippen molar-refractivity contribution in [2.24, 2.45) is 0 Å². The fourth-order valence-electron chi connectivity index (χ4n) is 9.05. The first kappa shape index (κ1) is 33.7. The van der Waals surface area contributed by atoms with E-state index >= 15 is 0 Å². The highest BCUT2D eigenvalue weighted by Gasteiger charge is 2.26. The van der Waals surface area contributed by atoms with Crippen molar-refractivity contribution in [1.29, 1.82) is 0 Å². The number of para-hydroxylation sites is 1. The van der Waals surface area contributed by atoms with Crippen LogP contribution in [0.3, 0.4) is 0 Å². The highest BCUT2D eigenvalue weighted by Crippen LogP contribution is 2.52. The number of benzene rings is 10. The highest BCUT2D eigenvalue weighted by molar-refractivity contribution is 7.26. The van der Waals surface area contributed by atoms with Gasteiger partial charge in [0.05, 0.1) is 16.8 Å². The molecule has 0 amide bonds. The van der Waals surface area contributed by atoms with Gasteiger partial charge in [0.1, 0.15) is 11.2 Å². The predicted molar refractivity (Wildman–Crippen MR) is 253 cm³/mol. The van der Waals surface area contributed by atoms with Crippen LogP contribution >= 0.6 is 11.3 Å². The van der Waals surface area contributed by atoms with Gasteiger partial charge in [0.25, 0.3) is 0 Å². The third-order valence-corrected chi connectivity index (χ3v) is 13.0. The van der Waals surface area contributed by atoms with Crippen molar-refractivity contribution in [2.45, 2.75) is 0 Å². The molecule has 12 aromatic rings. The number of anilines is 3. The molecule has 0 radical (unpaired) electrons. The number of fused-ring (bicyclic) bond motifs is 9. The van der Waals surface area contributed by atoms with Gasteiger partial charge < -0.3 is 9.32 Å². The van der Waals surface area contributed by atoms with E-state index in [1.165, 1.54) is 64.0 Å². The van der Waals surface area contributed by atoms with Crippen molar-refractivity contribution >= 4 is 92.1 Å². The van der Waals surface area contributed by atoms with E-state index in [4.69, 9.17) is 4.42 Å². The Bertz CT molecular complexity index is 3550. The van der Waals surface area contributed by atoms with Gasteiger partial charge in [-0.05, 0) is 97.4 Å². The van der Waals surface area contributed by atoms with Crippen LogP contribution in [0.4, 0.5) is 17.1 Å². The van der Waals surface area contributed by atoms with Crippen molar-refractivity contribution in [3.8, 4) is 33.4 Å². The van der Waals surface area contributed by atoms with Crippen LogP contribution in [0.15, 0.2) is 217 Å². The minimum Gasteiger partial charge on any atom is -0.456 e. The predicted octanol–water partition coefficient (Wildman–Crippen LogP) is 16.7. The van der Waals surface area contributed by atoms with E-state index in [1.54, 1.807) is 0 Å². The van der Waals surface area contributed by atoms with Crippen LogP contribution in [0.1, 0.15) is 0 Å². The lowest BCUT2D eigenvalue weighted by Gasteiger charge is -2.29. The second-order valence-electron chi connectivity index (χ2n) is 15.2. The lowest BCUT2D eigenvalue weighted by Crippen LogP contribution is -2.11. The summed E-state index contributed by atoms with van der Waals surface area (Å²) in [7, 11) is 0. The molecule has 12 rings (SSSR count). The van der Waals surface area contributed by atoms with E-state index < -0.39 is 0 Å². The van der Waals surface area contributed by atoms with E-state index in [9.17, 15) is 0 Å². The van der Waals surface area contributed by atoms with Crippen LogP contribution in [0.5, 0.6) is 0 Å². The molecule has 0 N–H and O–H groups in total. The summed E-state index contributed by atoms with van der Waals surface area (Å²) in [6.07, 6.45) is 0. The Balaban J connectivity index is 1.22. The second-order valence-corrected chi connectivity index (χ2v) is 16.3. The van der Waals surface area contributed by atoms with Crippen molar-refractivity contribution in [2.75, 3.05) is 4.90 Å². The molecule has 0 spiro atoms. The first-order valence-corrected chi connectivity index (χ1v) is 20.9. The molecule has 0 unspecified atom stereocenters. The Hall–Kier alpha value is -7.46. The van der Waals surface area contributed by atoms with Crippen LogP contribution in [-0.4, -0.2) is 0 Å². The van der Waals surface area contributed by atoms with E-state index in [0.29, 0.717) is 0 Å². The molecule has 276 valence electrons. The smallest absolute Gasteiger partial charge is 0.138 e. The van der Waals surface area contributed by atoms with Gasteiger partial charge >= 0.3 is 0 Å². The lowest BCUT2D eigenvalue weighted by atomic mass is 9.96. The van der Waals surface area contributed by atoms with E-state index in [0.717, 1.165) is 50.1 Å². The maximum absolute atomic E-state index is 6.76. The summed E-state index contributed by atoms with van der Waals surface area (Å²) in [5.74, 6) is 0. The maximum Gasteiger partial charge on any atom is 0.138 e. The zero-order valence-corrected chi connectivity index (χ0v) is 32.8. The summed E-state index contributed by atoms with van der Waals surface area (Å²) in [5, 5.41) is 9.54. The van der Waals surface area contributed by atoms with Crippen LogP contribution in [0.25, 0.3) is 97.0 Å². The second kappa shape index (κ2) is 13.6. The molecular formula is C56H35NOS. The van der Waals surface area contributed by atoms with Gasteiger partial charge in [0.15, 0.2) is 0 Å². The quantitative estimate of drug-likeness (QED) is 0.157. The fourth-order valence-corrected chi connectivity index (χ4v) is 10.3. The monoisotopic (exact) mass is 769 g/mol. The lowest BCUT2D eigenvalue weighted by molar-refractivity contribution is 0.669. The number of nitrogens with zero attached hydrogens (tertiary/aromatic N) is 1. The number of hydrogen-bond donors (Lipinski definition) is 0. The zero-order valence-electron chi connectivity index (χ0n) is 32.0. The standard InChI is InChI=1S/C56H35NOS/c1-4-14-36(15-5-1)41-27-29-47-53(34-41)59-56-45(38-18-8-3-9-19-38)30-31-49(55(47)56)57(43-28-26-40-25-24-39-20-10-11-21-44(39)48(40)35-43)50-32-42(37-16-6-2-7-17-37)33-52-54(50)46-22-12-13-23-51(46)58-52/h1-35H. The number of thiophene rings is 1. The Labute approximate surface area is 345 Å². The first-order chi connectivity index (χ1) is 29.2. The summed E-state index contributed by atoms with van der Waals surface area (Å²) in [5.41, 5.74) is 12.1. The zero-order chi connectivity index (χ0) is 38.9. The molecule has 0 fully saturated rings. The van der Waals surface area contributed by atoms with E-state index in [-0.39, 0.29) is 0 Å². The summed E-state index contributed by atoms with van der Waals surface area (Å²) in [6.45, 7) is 0. The van der Waals surface area contributed by atoms with Crippen molar-refractivity contribution in [3.63, 3.8) is 0 Å². The topological polar surface area (TPSA) is 16.4 Å². The van der Waals surface area contributed by atoms with Crippen molar-refractivity contribution in [1.82, 2.24) is 0 Å². The van der Waals surface area contributed by atoms with Gasteiger partial charge in [-0.3, -0.25) is 0 Å². The van der Waals surface area contributed by atoms with E-state index in [1.807, 2.05) is 11.3 Å². The molecule has 0 bridgehead atoms. The third kappa shape index (κ3) is 5.55. The van der Waals surface area contributed by atoms with Crippen LogP contribution in [-0.2, 0) is 0 Å². The summed E-state index contributed by atoms with van der Waals surface area (Å²) < 4.78 is 9.27. The van der Waals surface area contributed by atoms with Gasteiger partial charge in [0, 0.05) is 31.2 Å². The minimum atomic E-state index is 0.860. The van der Waals surface area contributed by atoms with Crippen LogP contribution in [0, 0.1) is 0 Å². The molecule has 2 aromatic heterocycles. The SMILES string of the molecule is c1ccc(-c2cc(N(c3ccc4ccc5ccccc5c4c3)c3ccc(-c4ccccc4)c4sc5cc(-c6ccccc6)ccc5c34)c3c(c2)oc2ccccc23)cc1. The average Bonchev–Trinajstić information content (AvgIpc) is 3.89. The molecule has 0 saturated heterocycles. The molecule has 0 saturated carbocycles. The van der Waals surface area contributed by atoms with Crippen molar-refractivity contribution in [3.05, 3.63) is 212 Å². The fraction of sp³-hybridized carbons (Fsp3) is 0. The molecule has 59 heavy (non-hydrogen) atoms. The molecule has 3 heteroatoms. The Morgan fingerprint density at radius 1 is 0.356 bits per heavy atom. The largest absolute Gasteiger partial charge is 0.456 e. The molecule has 2 nitrogen and oxygen atoms in total. The van der Waals surface area contributed by atoms with Gasteiger partial charge in [0.2, 0.25) is 0 Å². The molecule has 0 atom stereocenters. The number of furan rings is 1. The Kier molecular flexibility index (Phi) is 7.75. The first-order valence-electron chi connectivity index (χ1n) is 20.1. The van der Waals surface area contributed by atoms with E-state index in [2.05, 4.69) is 217 Å². The molecule has 0 aliphatic rings. The average molecular weight is 770 g/mol. The Morgan fingerprint density at radius 3 is 1.78 bits per heavy atom. The number of hydrogen-bond acceptors (Lipinski definition) is 3. The highest BCUT2D eigenvalue weighted by atomic mass is 32.1. The normalized spacial score (nSPS) is 11.7. The summed E-state index contributed by atoms with van der Waals surface area (Å²) in [4.78, 5) is 2.51. The van der Waals surface area contributed by atoms with Crippen molar-refractivity contribution < 1.29 is 4.42 Å². The van der Waals surface area contributed by atoms with Gasteiger partial charge in [-0.25, -0.2) is 0 Å². The Morgan fingerprint density at radius 2 is 1.00 bits per heavy atom. The van der Waals surface area contributed by atoms with Gasteiger partial charge in [-0.2, -0.15) is 0 Å². The molecular weight excluding hydrogens is 735 g/mol. The van der Waals surface area contributed by atoms with Gasteiger partial charge in [-0.15, -0.1) is 11.3 Å². The molecule has 0 aliphatic heterocycles. The van der Waals surface area contributed by atoms with Gasteiger partial charge in [-0.1, -0.05) is 170 Å². The summed E-state index contributed by atoms with van der Waals surface area (Å²) >= 11 is 1.88. The number of rotatable bonds is 6. The molecule has 2 heterocycles. The third-order valence-electron chi connectivity index (χ3n) is 11.8.